The second-order valence-electron chi connectivity index (χ2n) is 5.59. The van der Waals surface area contributed by atoms with Gasteiger partial charge in [0.1, 0.15) is 0 Å². The first-order chi connectivity index (χ1) is 10.7. The number of aromatic nitrogens is 2. The first-order valence-corrected chi connectivity index (χ1v) is 7.75. The molecule has 0 aromatic carbocycles. The number of carbonyl (C=O) groups excluding carboxylic acids is 1. The van der Waals surface area contributed by atoms with Crippen molar-refractivity contribution in [1.82, 2.24) is 20.8 Å². The summed E-state index contributed by atoms with van der Waals surface area (Å²) in [5.74, 6) is 1.46. The molecule has 7 nitrogen and oxygen atoms in total. The number of aryl methyl sites for hydroxylation is 1. The quantitative estimate of drug-likeness (QED) is 0.765. The van der Waals surface area contributed by atoms with Crippen LogP contribution in [0.25, 0.3) is 0 Å². The molecule has 7 heteroatoms. The Balaban J connectivity index is 1.66. The highest BCUT2D eigenvalue weighted by molar-refractivity contribution is 5.73. The van der Waals surface area contributed by atoms with Crippen LogP contribution in [0.2, 0.25) is 0 Å². The van der Waals surface area contributed by atoms with Crippen LogP contribution in [-0.4, -0.2) is 56.1 Å². The van der Waals surface area contributed by atoms with E-state index in [1.54, 1.807) is 7.11 Å². The smallest absolute Gasteiger partial charge is 0.314 e. The maximum absolute atomic E-state index is 11.6. The Labute approximate surface area is 131 Å². The van der Waals surface area contributed by atoms with Crippen LogP contribution in [0.15, 0.2) is 12.1 Å². The highest BCUT2D eigenvalue weighted by Crippen LogP contribution is 2.20. The van der Waals surface area contributed by atoms with Crippen molar-refractivity contribution in [2.75, 3.05) is 44.8 Å². The fourth-order valence-electron chi connectivity index (χ4n) is 2.49. The topological polar surface area (TPSA) is 79.4 Å². The number of methoxy groups -OCH3 is 1. The number of rotatable bonds is 6. The lowest BCUT2D eigenvalue weighted by atomic mass is 9.97. The van der Waals surface area contributed by atoms with Crippen molar-refractivity contribution in [3.05, 3.63) is 17.8 Å². The Kier molecular flexibility index (Phi) is 6.39. The minimum Gasteiger partial charge on any atom is -0.383 e. The van der Waals surface area contributed by atoms with E-state index in [4.69, 9.17) is 4.74 Å². The summed E-state index contributed by atoms with van der Waals surface area (Å²) in [6.45, 7) is 5.62. The summed E-state index contributed by atoms with van der Waals surface area (Å²) in [7, 11) is 1.62. The number of amides is 2. The number of carbonyl (C=O) groups is 1. The third-order valence-corrected chi connectivity index (χ3v) is 3.87. The maximum atomic E-state index is 11.6. The van der Waals surface area contributed by atoms with Crippen LogP contribution < -0.4 is 15.5 Å². The summed E-state index contributed by atoms with van der Waals surface area (Å²) >= 11 is 0. The molecule has 1 aromatic heterocycles. The largest absolute Gasteiger partial charge is 0.383 e. The fraction of sp³-hybridized carbons (Fsp3) is 0.667. The van der Waals surface area contributed by atoms with E-state index in [0.717, 1.165) is 37.4 Å². The molecule has 0 spiro atoms. The van der Waals surface area contributed by atoms with Crippen LogP contribution in [0.4, 0.5) is 10.6 Å². The molecule has 0 saturated carbocycles. The summed E-state index contributed by atoms with van der Waals surface area (Å²) in [6.07, 6.45) is 2.10. The van der Waals surface area contributed by atoms with Gasteiger partial charge in [-0.25, -0.2) is 4.79 Å². The zero-order valence-electron chi connectivity index (χ0n) is 13.3. The molecule has 2 amide bonds. The summed E-state index contributed by atoms with van der Waals surface area (Å²) in [5, 5.41) is 14.0. The Morgan fingerprint density at radius 3 is 2.73 bits per heavy atom. The zero-order valence-corrected chi connectivity index (χ0v) is 13.3. The monoisotopic (exact) mass is 307 g/mol. The average molecular weight is 307 g/mol. The molecule has 1 aliphatic heterocycles. The van der Waals surface area contributed by atoms with E-state index >= 15 is 0 Å². The third-order valence-electron chi connectivity index (χ3n) is 3.87. The Morgan fingerprint density at radius 1 is 1.32 bits per heavy atom. The highest BCUT2D eigenvalue weighted by atomic mass is 16.5. The van der Waals surface area contributed by atoms with E-state index in [1.807, 2.05) is 19.1 Å². The van der Waals surface area contributed by atoms with Gasteiger partial charge in [-0.05, 0) is 37.8 Å². The second-order valence-corrected chi connectivity index (χ2v) is 5.59. The molecule has 0 unspecified atom stereocenters. The first kappa shape index (κ1) is 16.5. The van der Waals surface area contributed by atoms with Gasteiger partial charge in [-0.3, -0.25) is 0 Å². The van der Waals surface area contributed by atoms with Gasteiger partial charge in [0.2, 0.25) is 0 Å². The number of hydrogen-bond acceptors (Lipinski definition) is 5. The fourth-order valence-corrected chi connectivity index (χ4v) is 2.49. The standard InChI is InChI=1S/C15H25N5O2/c1-12-3-4-14(19-18-12)20-8-5-13(6-9-20)11-17-15(21)16-7-10-22-2/h3-4,13H,5-11H2,1-2H3,(H2,16,17,21). The molecular formula is C15H25N5O2. The third kappa shape index (κ3) is 5.14. The molecule has 1 saturated heterocycles. The molecule has 2 heterocycles. The van der Waals surface area contributed by atoms with Crippen molar-refractivity contribution in [2.24, 2.45) is 5.92 Å². The predicted octanol–water partition coefficient (Wildman–Crippen LogP) is 0.947. The molecule has 2 N–H and O–H groups in total. The van der Waals surface area contributed by atoms with Gasteiger partial charge in [0, 0.05) is 33.3 Å². The Hall–Kier alpha value is -1.89. The normalized spacial score (nSPS) is 15.6. The number of ether oxygens (including phenoxy) is 1. The Bertz CT molecular complexity index is 458. The summed E-state index contributed by atoms with van der Waals surface area (Å²) < 4.78 is 4.89. The molecule has 0 atom stereocenters. The number of nitrogens with one attached hydrogen (secondary N) is 2. The van der Waals surface area contributed by atoms with E-state index in [-0.39, 0.29) is 6.03 Å². The summed E-state index contributed by atoms with van der Waals surface area (Å²) in [5.41, 5.74) is 0.933. The molecule has 0 aliphatic carbocycles. The van der Waals surface area contributed by atoms with Gasteiger partial charge in [0.15, 0.2) is 5.82 Å². The number of hydrogen-bond donors (Lipinski definition) is 2. The minimum absolute atomic E-state index is 0.121. The van der Waals surface area contributed by atoms with Crippen molar-refractivity contribution < 1.29 is 9.53 Å². The van der Waals surface area contributed by atoms with E-state index < -0.39 is 0 Å². The van der Waals surface area contributed by atoms with Gasteiger partial charge in [0.05, 0.1) is 12.3 Å². The highest BCUT2D eigenvalue weighted by Gasteiger charge is 2.20. The van der Waals surface area contributed by atoms with Gasteiger partial charge in [0.25, 0.3) is 0 Å². The van der Waals surface area contributed by atoms with Crippen molar-refractivity contribution >= 4 is 11.8 Å². The van der Waals surface area contributed by atoms with Crippen LogP contribution in [-0.2, 0) is 4.74 Å². The van der Waals surface area contributed by atoms with E-state index in [2.05, 4.69) is 25.7 Å². The molecule has 22 heavy (non-hydrogen) atoms. The van der Waals surface area contributed by atoms with E-state index in [1.165, 1.54) is 0 Å². The van der Waals surface area contributed by atoms with Gasteiger partial charge in [-0.2, -0.15) is 5.10 Å². The lowest BCUT2D eigenvalue weighted by molar-refractivity contribution is 0.195. The van der Waals surface area contributed by atoms with E-state index in [0.29, 0.717) is 25.6 Å². The second kappa shape index (κ2) is 8.53. The molecule has 1 aliphatic rings. The summed E-state index contributed by atoms with van der Waals surface area (Å²) in [4.78, 5) is 13.8. The first-order valence-electron chi connectivity index (χ1n) is 7.75. The van der Waals surface area contributed by atoms with Crippen molar-refractivity contribution in [2.45, 2.75) is 19.8 Å². The number of anilines is 1. The number of nitrogens with zero attached hydrogens (tertiary/aromatic N) is 3. The molecular weight excluding hydrogens is 282 g/mol. The van der Waals surface area contributed by atoms with Crippen LogP contribution in [0.5, 0.6) is 0 Å². The summed E-state index contributed by atoms with van der Waals surface area (Å²) in [6, 6.07) is 3.88. The van der Waals surface area contributed by atoms with Crippen LogP contribution in [0, 0.1) is 12.8 Å². The number of piperidine rings is 1. The van der Waals surface area contributed by atoms with Crippen molar-refractivity contribution in [3.8, 4) is 0 Å². The van der Waals surface area contributed by atoms with Crippen LogP contribution in [0.3, 0.4) is 0 Å². The van der Waals surface area contributed by atoms with E-state index in [9.17, 15) is 4.79 Å². The Morgan fingerprint density at radius 2 is 2.09 bits per heavy atom. The molecule has 1 fully saturated rings. The molecule has 122 valence electrons. The molecule has 2 rings (SSSR count). The van der Waals surface area contributed by atoms with Crippen molar-refractivity contribution in [1.29, 1.82) is 0 Å². The van der Waals surface area contributed by atoms with Crippen LogP contribution in [0.1, 0.15) is 18.5 Å². The molecule has 0 bridgehead atoms. The van der Waals surface area contributed by atoms with Crippen LogP contribution >= 0.6 is 0 Å². The average Bonchev–Trinajstić information content (AvgIpc) is 2.54. The predicted molar refractivity (Wildman–Crippen MR) is 85.0 cm³/mol. The van der Waals surface area contributed by atoms with Gasteiger partial charge in [-0.15, -0.1) is 5.10 Å². The van der Waals surface area contributed by atoms with Crippen molar-refractivity contribution in [3.63, 3.8) is 0 Å². The van der Waals surface area contributed by atoms with Gasteiger partial charge >= 0.3 is 6.03 Å². The molecule has 0 radical (unpaired) electrons. The van der Waals surface area contributed by atoms with Gasteiger partial charge < -0.3 is 20.3 Å². The number of urea groups is 1. The lowest BCUT2D eigenvalue weighted by Gasteiger charge is -2.32. The SMILES string of the molecule is COCCNC(=O)NCC1CCN(c2ccc(C)nn2)CC1. The van der Waals surface area contributed by atoms with Gasteiger partial charge in [-0.1, -0.05) is 0 Å². The maximum Gasteiger partial charge on any atom is 0.314 e. The minimum atomic E-state index is -0.121. The molecule has 1 aromatic rings. The lowest BCUT2D eigenvalue weighted by Crippen LogP contribution is -2.42. The zero-order chi connectivity index (χ0) is 15.8.